The van der Waals surface area contributed by atoms with Crippen LogP contribution in [-0.2, 0) is 4.79 Å². The SMILES string of the molecule is Cc1ccccc1N1CCN(C(=O)N2CCCC(NC(=O)C34CC5CC(C3)C(O)C(C5)C4)C2)CC1. The molecule has 1 aromatic carbocycles. The normalized spacial score (nSPS) is 36.4. The van der Waals surface area contributed by atoms with E-state index in [9.17, 15) is 14.7 Å². The Morgan fingerprint density at radius 2 is 1.69 bits per heavy atom. The van der Waals surface area contributed by atoms with Gasteiger partial charge < -0.3 is 25.1 Å². The first-order valence-corrected chi connectivity index (χ1v) is 13.8. The summed E-state index contributed by atoms with van der Waals surface area (Å²) in [6.07, 6.45) is 6.51. The number of para-hydroxylation sites is 1. The highest BCUT2D eigenvalue weighted by molar-refractivity contribution is 5.83. The number of hydrogen-bond donors (Lipinski definition) is 2. The molecule has 7 heteroatoms. The van der Waals surface area contributed by atoms with Gasteiger partial charge in [-0.3, -0.25) is 4.79 Å². The molecular formula is C28H40N4O3. The Labute approximate surface area is 208 Å². The molecule has 4 bridgehead atoms. The first kappa shape index (κ1) is 23.1. The Kier molecular flexibility index (Phi) is 5.94. The van der Waals surface area contributed by atoms with Gasteiger partial charge in [-0.15, -0.1) is 0 Å². The predicted octanol–water partition coefficient (Wildman–Crippen LogP) is 3.00. The van der Waals surface area contributed by atoms with E-state index in [1.54, 1.807) is 0 Å². The Hall–Kier alpha value is -2.28. The maximum absolute atomic E-state index is 13.5. The molecule has 3 unspecified atom stereocenters. The van der Waals surface area contributed by atoms with Crippen LogP contribution in [0.25, 0.3) is 0 Å². The Morgan fingerprint density at radius 1 is 0.971 bits per heavy atom. The number of piperidine rings is 1. The number of amides is 3. The summed E-state index contributed by atoms with van der Waals surface area (Å²) >= 11 is 0. The van der Waals surface area contributed by atoms with Crippen LogP contribution < -0.4 is 10.2 Å². The van der Waals surface area contributed by atoms with Crippen LogP contribution in [0, 0.1) is 30.1 Å². The number of nitrogens with one attached hydrogen (secondary N) is 1. The Balaban J connectivity index is 1.04. The predicted molar refractivity (Wildman–Crippen MR) is 135 cm³/mol. The molecular weight excluding hydrogens is 440 g/mol. The zero-order valence-corrected chi connectivity index (χ0v) is 21.0. The fourth-order valence-corrected chi connectivity index (χ4v) is 8.14. The average molecular weight is 481 g/mol. The van der Waals surface area contributed by atoms with Gasteiger partial charge in [0, 0.05) is 51.0 Å². The van der Waals surface area contributed by atoms with Crippen molar-refractivity contribution in [2.75, 3.05) is 44.2 Å². The lowest BCUT2D eigenvalue weighted by Crippen LogP contribution is -2.61. The van der Waals surface area contributed by atoms with Crippen LogP contribution in [0.5, 0.6) is 0 Å². The van der Waals surface area contributed by atoms with E-state index in [2.05, 4.69) is 41.4 Å². The molecule has 7 rings (SSSR count). The second-order valence-corrected chi connectivity index (χ2v) is 12.0. The number of benzene rings is 1. The van der Waals surface area contributed by atoms with Crippen LogP contribution in [0.1, 0.15) is 50.5 Å². The smallest absolute Gasteiger partial charge is 0.320 e. The van der Waals surface area contributed by atoms with Gasteiger partial charge in [0.05, 0.1) is 11.5 Å². The van der Waals surface area contributed by atoms with Gasteiger partial charge in [0.2, 0.25) is 5.91 Å². The number of rotatable bonds is 3. The molecule has 0 spiro atoms. The molecule has 0 radical (unpaired) electrons. The van der Waals surface area contributed by atoms with E-state index in [4.69, 9.17) is 0 Å². The van der Waals surface area contributed by atoms with Gasteiger partial charge in [-0.1, -0.05) is 18.2 Å². The van der Waals surface area contributed by atoms with Gasteiger partial charge in [-0.2, -0.15) is 0 Å². The number of urea groups is 1. The molecule has 35 heavy (non-hydrogen) atoms. The van der Waals surface area contributed by atoms with Crippen LogP contribution >= 0.6 is 0 Å². The molecule has 6 aliphatic rings. The summed E-state index contributed by atoms with van der Waals surface area (Å²) in [6, 6.07) is 8.60. The highest BCUT2D eigenvalue weighted by Gasteiger charge is 2.58. The third-order valence-corrected chi connectivity index (χ3v) is 9.74. The van der Waals surface area contributed by atoms with Gasteiger partial charge in [-0.25, -0.2) is 4.79 Å². The van der Waals surface area contributed by atoms with Crippen molar-refractivity contribution >= 4 is 17.6 Å². The van der Waals surface area contributed by atoms with Crippen LogP contribution in [-0.4, -0.2) is 78.3 Å². The van der Waals surface area contributed by atoms with Gasteiger partial charge in [0.15, 0.2) is 0 Å². The second-order valence-electron chi connectivity index (χ2n) is 12.0. The molecule has 190 valence electrons. The summed E-state index contributed by atoms with van der Waals surface area (Å²) < 4.78 is 0. The van der Waals surface area contributed by atoms with E-state index in [1.165, 1.54) is 11.3 Å². The number of aryl methyl sites for hydroxylation is 1. The standard InChI is InChI=1S/C28H40N4O3/c1-19-5-2-3-7-24(19)30-9-11-31(12-10-30)27(35)32-8-4-6-23(18-32)29-26(34)28-15-20-13-21(16-28)25(33)22(14-20)17-28/h2-3,5,7,20-23,25,33H,4,6,8-18H2,1H3,(H,29,34). The maximum atomic E-state index is 13.5. The minimum Gasteiger partial charge on any atom is -0.393 e. The minimum absolute atomic E-state index is 0.0337. The summed E-state index contributed by atoms with van der Waals surface area (Å²) in [5, 5.41) is 13.9. The maximum Gasteiger partial charge on any atom is 0.320 e. The molecule has 2 heterocycles. The summed E-state index contributed by atoms with van der Waals surface area (Å²) in [5.74, 6) is 1.39. The molecule has 3 amide bonds. The Morgan fingerprint density at radius 3 is 2.40 bits per heavy atom. The van der Waals surface area contributed by atoms with Crippen LogP contribution in [0.3, 0.4) is 0 Å². The van der Waals surface area contributed by atoms with Crippen LogP contribution in [0.4, 0.5) is 10.5 Å². The van der Waals surface area contributed by atoms with E-state index in [0.29, 0.717) is 24.3 Å². The third-order valence-electron chi connectivity index (χ3n) is 9.74. The third kappa shape index (κ3) is 4.20. The van der Waals surface area contributed by atoms with Crippen molar-refractivity contribution in [3.63, 3.8) is 0 Å². The lowest BCUT2D eigenvalue weighted by Gasteiger charge is -2.58. The van der Waals surface area contributed by atoms with Crippen molar-refractivity contribution in [3.8, 4) is 0 Å². The quantitative estimate of drug-likeness (QED) is 0.697. The van der Waals surface area contributed by atoms with E-state index in [-0.39, 0.29) is 29.5 Å². The number of piperazine rings is 1. The molecule has 1 aromatic rings. The highest BCUT2D eigenvalue weighted by Crippen LogP contribution is 2.60. The minimum atomic E-state index is -0.284. The van der Waals surface area contributed by atoms with E-state index >= 15 is 0 Å². The molecule has 6 fully saturated rings. The number of nitrogens with zero attached hydrogens (tertiary/aromatic N) is 3. The molecule has 2 saturated heterocycles. The second kappa shape index (κ2) is 8.99. The number of carbonyl (C=O) groups is 2. The van der Waals surface area contributed by atoms with Crippen molar-refractivity contribution in [1.82, 2.24) is 15.1 Å². The van der Waals surface area contributed by atoms with E-state index in [0.717, 1.165) is 77.7 Å². The molecule has 2 N–H and O–H groups in total. The van der Waals surface area contributed by atoms with Crippen LogP contribution in [0.2, 0.25) is 0 Å². The fourth-order valence-electron chi connectivity index (χ4n) is 8.14. The van der Waals surface area contributed by atoms with Gasteiger partial charge in [0.25, 0.3) is 0 Å². The van der Waals surface area contributed by atoms with E-state index in [1.807, 2.05) is 9.80 Å². The summed E-state index contributed by atoms with van der Waals surface area (Å²) in [4.78, 5) is 33.2. The number of carbonyl (C=O) groups excluding carboxylic acids is 2. The molecule has 7 nitrogen and oxygen atoms in total. The summed E-state index contributed by atoms with van der Waals surface area (Å²) in [7, 11) is 0. The van der Waals surface area contributed by atoms with Crippen molar-refractivity contribution < 1.29 is 14.7 Å². The van der Waals surface area contributed by atoms with Crippen molar-refractivity contribution in [1.29, 1.82) is 0 Å². The number of aliphatic hydroxyl groups is 1. The number of hydrogen-bond acceptors (Lipinski definition) is 4. The summed E-state index contributed by atoms with van der Waals surface area (Å²) in [5.41, 5.74) is 2.25. The molecule has 4 aliphatic carbocycles. The largest absolute Gasteiger partial charge is 0.393 e. The summed E-state index contributed by atoms with van der Waals surface area (Å²) in [6.45, 7) is 6.68. The van der Waals surface area contributed by atoms with E-state index < -0.39 is 0 Å². The Bertz CT molecular complexity index is 959. The number of likely N-dealkylation sites (tertiary alicyclic amines) is 1. The van der Waals surface area contributed by atoms with Crippen molar-refractivity contribution in [2.45, 2.75) is 64.0 Å². The topological polar surface area (TPSA) is 76.1 Å². The van der Waals surface area contributed by atoms with Crippen molar-refractivity contribution in [3.05, 3.63) is 29.8 Å². The molecule has 3 atom stereocenters. The zero-order chi connectivity index (χ0) is 24.2. The lowest BCUT2D eigenvalue weighted by atomic mass is 9.48. The zero-order valence-electron chi connectivity index (χ0n) is 21.0. The number of aliphatic hydroxyl groups excluding tert-OH is 1. The van der Waals surface area contributed by atoms with Crippen LogP contribution in [0.15, 0.2) is 24.3 Å². The first-order valence-electron chi connectivity index (χ1n) is 13.8. The van der Waals surface area contributed by atoms with Gasteiger partial charge >= 0.3 is 6.03 Å². The van der Waals surface area contributed by atoms with Gasteiger partial charge in [-0.05, 0) is 81.3 Å². The first-order chi connectivity index (χ1) is 16.9. The van der Waals surface area contributed by atoms with Gasteiger partial charge in [0.1, 0.15) is 0 Å². The molecule has 0 aromatic heterocycles. The average Bonchev–Trinajstić information content (AvgIpc) is 2.87. The molecule has 4 saturated carbocycles. The number of anilines is 1. The molecule has 2 aliphatic heterocycles. The van der Waals surface area contributed by atoms with Crippen molar-refractivity contribution in [2.24, 2.45) is 23.2 Å². The highest BCUT2D eigenvalue weighted by atomic mass is 16.3. The fraction of sp³-hybridized carbons (Fsp3) is 0.714. The monoisotopic (exact) mass is 480 g/mol. The lowest BCUT2D eigenvalue weighted by molar-refractivity contribution is -0.163.